The molecule has 0 radical (unpaired) electrons. The molecule has 0 bridgehead atoms. The van der Waals surface area contributed by atoms with E-state index in [0.29, 0.717) is 41.5 Å². The van der Waals surface area contributed by atoms with Gasteiger partial charge in [0.15, 0.2) is 24.0 Å². The maximum absolute atomic E-state index is 14.0. The quantitative estimate of drug-likeness (QED) is 0.368. The number of benzene rings is 1. The monoisotopic (exact) mass is 438 g/mol. The number of phenols is 1. The molecule has 2 aromatic heterocycles. The Bertz CT molecular complexity index is 1230. The van der Waals surface area contributed by atoms with E-state index >= 15 is 0 Å². The van der Waals surface area contributed by atoms with Crippen molar-refractivity contribution >= 4 is 17.7 Å². The van der Waals surface area contributed by atoms with E-state index in [9.17, 15) is 24.3 Å². The standard InChI is InChI=1S/C22H19FN4O5/c23-17-11-14(28)1-2-18(17)27-10-6-19(25-27)24-20(29)13-3-7-22(8-4-13)16-12-26(31)9-5-15(16)21(30)32-22/h1-2,5-6,9-13,28H,3-4,7-8H2,(H,24,25,29). The summed E-state index contributed by atoms with van der Waals surface area (Å²) in [5.41, 5.74) is 0.245. The molecule has 1 aliphatic heterocycles. The lowest BCUT2D eigenvalue weighted by molar-refractivity contribution is -0.606. The molecule has 3 aromatic rings. The molecule has 2 N–H and O–H groups in total. The van der Waals surface area contributed by atoms with E-state index in [1.165, 1.54) is 41.5 Å². The van der Waals surface area contributed by atoms with E-state index in [0.717, 1.165) is 6.07 Å². The minimum Gasteiger partial charge on any atom is -0.619 e. The van der Waals surface area contributed by atoms with Crippen LogP contribution in [0.25, 0.3) is 5.69 Å². The molecule has 1 saturated carbocycles. The van der Waals surface area contributed by atoms with Crippen molar-refractivity contribution in [2.45, 2.75) is 31.3 Å². The number of hydrogen-bond donors (Lipinski definition) is 2. The number of aromatic nitrogens is 3. The van der Waals surface area contributed by atoms with Gasteiger partial charge in [-0.3, -0.25) is 4.79 Å². The predicted octanol–water partition coefficient (Wildman–Crippen LogP) is 2.55. The maximum atomic E-state index is 14.0. The maximum Gasteiger partial charge on any atom is 0.339 e. The molecule has 0 atom stereocenters. The van der Waals surface area contributed by atoms with Crippen LogP contribution < -0.4 is 10.0 Å². The Labute approximate surface area is 181 Å². The third-order valence-electron chi connectivity index (χ3n) is 6.12. The number of anilines is 1. The molecule has 1 aromatic carbocycles. The summed E-state index contributed by atoms with van der Waals surface area (Å²) in [5, 5.41) is 28.0. The van der Waals surface area contributed by atoms with Crippen molar-refractivity contribution < 1.29 is 28.6 Å². The second kappa shape index (κ2) is 7.33. The predicted molar refractivity (Wildman–Crippen MR) is 108 cm³/mol. The number of amides is 1. The lowest BCUT2D eigenvalue weighted by Crippen LogP contribution is -2.37. The van der Waals surface area contributed by atoms with Crippen LogP contribution in [0.15, 0.2) is 48.9 Å². The molecule has 32 heavy (non-hydrogen) atoms. The molecule has 1 spiro atoms. The van der Waals surface area contributed by atoms with Crippen LogP contribution in [0.2, 0.25) is 0 Å². The molecule has 0 unspecified atom stereocenters. The van der Waals surface area contributed by atoms with E-state index in [2.05, 4.69) is 10.4 Å². The van der Waals surface area contributed by atoms with E-state index in [1.807, 2.05) is 0 Å². The Balaban J connectivity index is 1.26. The molecule has 9 nitrogen and oxygen atoms in total. The van der Waals surface area contributed by atoms with Gasteiger partial charge in [-0.25, -0.2) is 13.9 Å². The third-order valence-corrected chi connectivity index (χ3v) is 6.12. The molecule has 3 heterocycles. The van der Waals surface area contributed by atoms with Crippen molar-refractivity contribution in [3.8, 4) is 11.4 Å². The molecule has 164 valence electrons. The highest BCUT2D eigenvalue weighted by molar-refractivity contribution is 5.95. The molecule has 1 aliphatic carbocycles. The SMILES string of the molecule is O=C1OC2(CCC(C(=O)Nc3ccn(-c4ccc(O)cc4F)n3)CC2)c2c[n+]([O-])ccc21. The number of carbonyl (C=O) groups excluding carboxylic acids is 2. The van der Waals surface area contributed by atoms with Crippen molar-refractivity contribution in [2.24, 2.45) is 5.92 Å². The fourth-order valence-corrected chi connectivity index (χ4v) is 4.46. The fourth-order valence-electron chi connectivity index (χ4n) is 4.46. The van der Waals surface area contributed by atoms with Crippen molar-refractivity contribution in [2.75, 3.05) is 5.32 Å². The second-order valence-corrected chi connectivity index (χ2v) is 8.06. The number of fused-ring (bicyclic) bond motifs is 2. The largest absolute Gasteiger partial charge is 0.619 e. The van der Waals surface area contributed by atoms with Crippen LogP contribution >= 0.6 is 0 Å². The number of aromatic hydroxyl groups is 1. The summed E-state index contributed by atoms with van der Waals surface area (Å²) >= 11 is 0. The van der Waals surface area contributed by atoms with Gasteiger partial charge < -0.3 is 20.4 Å². The molecule has 2 aliphatic rings. The average Bonchev–Trinajstić information content (AvgIpc) is 3.31. The van der Waals surface area contributed by atoms with Gasteiger partial charge in [0, 0.05) is 30.3 Å². The Hall–Kier alpha value is -3.95. The smallest absolute Gasteiger partial charge is 0.339 e. The van der Waals surface area contributed by atoms with Crippen LogP contribution in [-0.2, 0) is 15.1 Å². The van der Waals surface area contributed by atoms with Gasteiger partial charge in [-0.05, 0) is 37.8 Å². The number of halogens is 1. The molecular weight excluding hydrogens is 419 g/mol. The summed E-state index contributed by atoms with van der Waals surface area (Å²) in [7, 11) is 0. The summed E-state index contributed by atoms with van der Waals surface area (Å²) in [6, 6.07) is 6.73. The van der Waals surface area contributed by atoms with Crippen LogP contribution in [-0.4, -0.2) is 26.8 Å². The number of esters is 1. The van der Waals surface area contributed by atoms with E-state index in [4.69, 9.17) is 4.74 Å². The van der Waals surface area contributed by atoms with Gasteiger partial charge in [-0.2, -0.15) is 4.73 Å². The topological polar surface area (TPSA) is 120 Å². The zero-order chi connectivity index (χ0) is 22.5. The van der Waals surface area contributed by atoms with Gasteiger partial charge in [0.05, 0.1) is 11.1 Å². The van der Waals surface area contributed by atoms with Gasteiger partial charge in [-0.15, -0.1) is 5.10 Å². The number of hydrogen-bond acceptors (Lipinski definition) is 6. The van der Waals surface area contributed by atoms with E-state index < -0.39 is 17.4 Å². The van der Waals surface area contributed by atoms with Crippen molar-refractivity contribution in [1.82, 2.24) is 9.78 Å². The molecule has 5 rings (SSSR count). The van der Waals surface area contributed by atoms with E-state index in [-0.39, 0.29) is 29.1 Å². The van der Waals surface area contributed by atoms with Crippen LogP contribution in [0.1, 0.15) is 41.6 Å². The van der Waals surface area contributed by atoms with Gasteiger partial charge in [0.25, 0.3) is 0 Å². The first-order chi connectivity index (χ1) is 15.3. The van der Waals surface area contributed by atoms with Crippen LogP contribution in [0.3, 0.4) is 0 Å². The summed E-state index contributed by atoms with van der Waals surface area (Å²) in [5.74, 6) is -1.56. The molecule has 1 fully saturated rings. The van der Waals surface area contributed by atoms with Gasteiger partial charge in [0.1, 0.15) is 17.0 Å². The van der Waals surface area contributed by atoms with Crippen LogP contribution in [0.5, 0.6) is 5.75 Å². The molecule has 1 amide bonds. The number of ether oxygens (including phenoxy) is 1. The van der Waals surface area contributed by atoms with E-state index in [1.54, 1.807) is 6.07 Å². The highest BCUT2D eigenvalue weighted by Gasteiger charge is 2.50. The van der Waals surface area contributed by atoms with Gasteiger partial charge in [0.2, 0.25) is 5.91 Å². The fraction of sp³-hybridized carbons (Fsp3) is 0.273. The first-order valence-corrected chi connectivity index (χ1v) is 10.2. The summed E-state index contributed by atoms with van der Waals surface area (Å²) < 4.78 is 21.6. The number of phenolic OH excluding ortho intramolecular Hbond substituents is 1. The molecular formula is C22H19FN4O5. The number of nitrogens with one attached hydrogen (secondary N) is 1. The highest BCUT2D eigenvalue weighted by atomic mass is 19.1. The first-order valence-electron chi connectivity index (χ1n) is 10.2. The average molecular weight is 438 g/mol. The van der Waals surface area contributed by atoms with Crippen molar-refractivity contribution in [3.63, 3.8) is 0 Å². The normalized spacial score (nSPS) is 21.9. The molecule has 0 saturated heterocycles. The van der Waals surface area contributed by atoms with Crippen LogP contribution in [0.4, 0.5) is 10.2 Å². The van der Waals surface area contributed by atoms with Gasteiger partial charge in [-0.1, -0.05) is 0 Å². The lowest BCUT2D eigenvalue weighted by atomic mass is 9.75. The number of pyridine rings is 1. The molecule has 10 heteroatoms. The summed E-state index contributed by atoms with van der Waals surface area (Å²) in [4.78, 5) is 25.0. The Kier molecular flexibility index (Phi) is 4.58. The zero-order valence-corrected chi connectivity index (χ0v) is 16.8. The first kappa shape index (κ1) is 20.0. The van der Waals surface area contributed by atoms with Crippen molar-refractivity contribution in [1.29, 1.82) is 0 Å². The Morgan fingerprint density at radius 3 is 2.84 bits per heavy atom. The third kappa shape index (κ3) is 3.33. The minimum atomic E-state index is -0.866. The zero-order valence-electron chi connectivity index (χ0n) is 16.8. The number of nitrogens with zero attached hydrogens (tertiary/aromatic N) is 3. The summed E-state index contributed by atoms with van der Waals surface area (Å²) in [6.07, 6.45) is 5.95. The number of carbonyl (C=O) groups is 2. The highest BCUT2D eigenvalue weighted by Crippen LogP contribution is 2.47. The Morgan fingerprint density at radius 2 is 2.09 bits per heavy atom. The lowest BCUT2D eigenvalue weighted by Gasteiger charge is -2.35. The minimum absolute atomic E-state index is 0.139. The van der Waals surface area contributed by atoms with Crippen LogP contribution in [0, 0.1) is 16.9 Å². The number of rotatable bonds is 3. The van der Waals surface area contributed by atoms with Gasteiger partial charge >= 0.3 is 5.97 Å². The summed E-state index contributed by atoms with van der Waals surface area (Å²) in [6.45, 7) is 0. The Morgan fingerprint density at radius 1 is 1.31 bits per heavy atom. The second-order valence-electron chi connectivity index (χ2n) is 8.06. The van der Waals surface area contributed by atoms with Crippen molar-refractivity contribution in [3.05, 3.63) is 71.1 Å².